The molecule has 1 saturated carbocycles. The van der Waals surface area contributed by atoms with E-state index < -0.39 is 59.5 Å². The van der Waals surface area contributed by atoms with Crippen molar-refractivity contribution in [1.82, 2.24) is 14.5 Å². The fourth-order valence-corrected chi connectivity index (χ4v) is 3.70. The Bertz CT molecular complexity index is 1080. The summed E-state index contributed by atoms with van der Waals surface area (Å²) in [6.45, 7) is -1.17. The van der Waals surface area contributed by atoms with E-state index in [1.54, 1.807) is 6.07 Å². The maximum atomic E-state index is 14.1. The summed E-state index contributed by atoms with van der Waals surface area (Å²) in [5, 5.41) is 21.4. The summed E-state index contributed by atoms with van der Waals surface area (Å²) in [6.07, 6.45) is 3.65. The number of aromatic nitrogens is 2. The van der Waals surface area contributed by atoms with Gasteiger partial charge in [-0.2, -0.15) is 0 Å². The molecule has 160 valence electrons. The number of hydrogen-bond donors (Lipinski definition) is 3. The molecule has 0 unspecified atom stereocenters. The van der Waals surface area contributed by atoms with Gasteiger partial charge < -0.3 is 15.5 Å². The van der Waals surface area contributed by atoms with E-state index in [1.165, 1.54) is 18.2 Å². The molecule has 1 aromatic carbocycles. The number of carboxylic acid groups (broad SMARTS) is 1. The van der Waals surface area contributed by atoms with Crippen LogP contribution in [0.4, 0.5) is 4.39 Å². The van der Waals surface area contributed by atoms with Crippen molar-refractivity contribution >= 4 is 11.9 Å². The topological polar surface area (TPSA) is 131 Å². The first-order valence-corrected chi connectivity index (χ1v) is 9.63. The number of hydrogen-bond acceptors (Lipinski definition) is 5. The fourth-order valence-electron chi connectivity index (χ4n) is 3.70. The summed E-state index contributed by atoms with van der Waals surface area (Å²) in [7, 11) is 0. The van der Waals surface area contributed by atoms with E-state index in [4.69, 9.17) is 5.11 Å². The molecule has 0 radical (unpaired) electrons. The van der Waals surface area contributed by atoms with Gasteiger partial charge >= 0.3 is 11.7 Å². The van der Waals surface area contributed by atoms with Crippen LogP contribution in [0.2, 0.25) is 0 Å². The molecule has 3 rings (SSSR count). The third kappa shape index (κ3) is 4.27. The van der Waals surface area contributed by atoms with Crippen molar-refractivity contribution in [3.63, 3.8) is 0 Å². The second kappa shape index (κ2) is 8.93. The predicted molar refractivity (Wildman–Crippen MR) is 104 cm³/mol. The van der Waals surface area contributed by atoms with E-state index >= 15 is 0 Å². The fraction of sp³-hybridized carbons (Fsp3) is 0.400. The quantitative estimate of drug-likeness (QED) is 0.645. The minimum absolute atomic E-state index is 0.0839. The minimum Gasteiger partial charge on any atom is -0.494 e. The third-order valence-corrected chi connectivity index (χ3v) is 5.20. The highest BCUT2D eigenvalue weighted by atomic mass is 19.1. The van der Waals surface area contributed by atoms with E-state index in [1.807, 2.05) is 5.32 Å². The van der Waals surface area contributed by atoms with Crippen molar-refractivity contribution in [2.75, 3.05) is 6.54 Å². The molecule has 0 atom stereocenters. The van der Waals surface area contributed by atoms with Gasteiger partial charge in [-0.25, -0.2) is 9.18 Å². The number of carbonyl (C=O) groups excluding carboxylic acids is 1. The molecular formula is C20H22FN3O6. The lowest BCUT2D eigenvalue weighted by Gasteiger charge is -2.25. The smallest absolute Gasteiger partial charge is 0.334 e. The zero-order chi connectivity index (χ0) is 21.8. The molecule has 1 amide bonds. The Kier molecular flexibility index (Phi) is 6.34. The van der Waals surface area contributed by atoms with Gasteiger partial charge in [-0.3, -0.25) is 23.5 Å². The van der Waals surface area contributed by atoms with E-state index in [-0.39, 0.29) is 5.56 Å². The first kappa shape index (κ1) is 21.3. The summed E-state index contributed by atoms with van der Waals surface area (Å²) in [5.74, 6) is -4.00. The summed E-state index contributed by atoms with van der Waals surface area (Å²) in [6, 6.07) is 5.17. The van der Waals surface area contributed by atoms with Crippen molar-refractivity contribution < 1.29 is 24.2 Å². The molecular weight excluding hydrogens is 397 g/mol. The maximum Gasteiger partial charge on any atom is 0.334 e. The van der Waals surface area contributed by atoms with Crippen LogP contribution < -0.4 is 16.6 Å². The number of rotatable bonds is 6. The molecule has 2 aromatic rings. The molecule has 3 N–H and O–H groups in total. The Balaban J connectivity index is 2.17. The van der Waals surface area contributed by atoms with Gasteiger partial charge in [0.25, 0.3) is 11.5 Å². The highest BCUT2D eigenvalue weighted by Gasteiger charge is 2.29. The van der Waals surface area contributed by atoms with Gasteiger partial charge in [-0.05, 0) is 18.9 Å². The summed E-state index contributed by atoms with van der Waals surface area (Å²) in [4.78, 5) is 49.3. The molecule has 0 saturated heterocycles. The number of nitrogens with zero attached hydrogens (tertiary/aromatic N) is 2. The second-order valence-electron chi connectivity index (χ2n) is 7.20. The molecule has 30 heavy (non-hydrogen) atoms. The Labute approximate surface area is 170 Å². The average Bonchev–Trinajstić information content (AvgIpc) is 2.71. The van der Waals surface area contributed by atoms with Gasteiger partial charge in [0.2, 0.25) is 5.88 Å². The van der Waals surface area contributed by atoms with E-state index in [0.29, 0.717) is 12.8 Å². The second-order valence-corrected chi connectivity index (χ2v) is 7.20. The number of aromatic hydroxyl groups is 1. The van der Waals surface area contributed by atoms with E-state index in [0.717, 1.165) is 28.4 Å². The van der Waals surface area contributed by atoms with Crippen LogP contribution in [-0.4, -0.2) is 37.8 Å². The molecule has 1 fully saturated rings. The van der Waals surface area contributed by atoms with Crippen LogP contribution in [0.5, 0.6) is 5.88 Å². The number of halogens is 1. The molecule has 1 aromatic heterocycles. The van der Waals surface area contributed by atoms with Gasteiger partial charge in [0.05, 0.1) is 6.54 Å². The molecule has 1 aliphatic carbocycles. The van der Waals surface area contributed by atoms with Crippen molar-refractivity contribution in [2.45, 2.75) is 44.7 Å². The molecule has 1 heterocycles. The predicted octanol–water partition coefficient (Wildman–Crippen LogP) is 1.22. The largest absolute Gasteiger partial charge is 0.494 e. The molecule has 1 aliphatic rings. The standard InChI is InChI=1S/C20H22FN3O6/c21-14-9-5-4-6-12(14)11-23-18(28)16(17(27)22-10-15(25)26)19(29)24(20(23)30)13-7-2-1-3-8-13/h4-6,9,13,28H,1-3,7-8,10-11H2,(H,22,27)(H,25,26). The SMILES string of the molecule is O=C(O)CNC(=O)c1c(O)n(Cc2ccccc2F)c(=O)n(C2CCCCC2)c1=O. The summed E-state index contributed by atoms with van der Waals surface area (Å²) < 4.78 is 15.8. The van der Waals surface area contributed by atoms with Crippen LogP contribution in [0.25, 0.3) is 0 Å². The zero-order valence-corrected chi connectivity index (χ0v) is 16.1. The van der Waals surface area contributed by atoms with Gasteiger partial charge in [0.15, 0.2) is 5.56 Å². The van der Waals surface area contributed by atoms with Crippen molar-refractivity contribution in [3.05, 3.63) is 62.0 Å². The van der Waals surface area contributed by atoms with Crippen LogP contribution in [0, 0.1) is 5.82 Å². The first-order chi connectivity index (χ1) is 14.3. The molecule has 0 spiro atoms. The number of carbonyl (C=O) groups is 2. The highest BCUT2D eigenvalue weighted by molar-refractivity contribution is 5.97. The monoisotopic (exact) mass is 419 g/mol. The van der Waals surface area contributed by atoms with E-state index in [2.05, 4.69) is 0 Å². The van der Waals surface area contributed by atoms with Crippen molar-refractivity contribution in [1.29, 1.82) is 0 Å². The van der Waals surface area contributed by atoms with Crippen LogP contribution >= 0.6 is 0 Å². The van der Waals surface area contributed by atoms with Crippen molar-refractivity contribution in [3.8, 4) is 5.88 Å². The van der Waals surface area contributed by atoms with Gasteiger partial charge in [0, 0.05) is 11.6 Å². The lowest BCUT2D eigenvalue weighted by molar-refractivity contribution is -0.135. The van der Waals surface area contributed by atoms with Crippen LogP contribution in [0.3, 0.4) is 0 Å². The number of aliphatic carboxylic acids is 1. The average molecular weight is 419 g/mol. The maximum absolute atomic E-state index is 14.1. The van der Waals surface area contributed by atoms with Gasteiger partial charge in [-0.1, -0.05) is 37.5 Å². The zero-order valence-electron chi connectivity index (χ0n) is 16.1. The number of nitrogens with one attached hydrogen (secondary N) is 1. The molecule has 0 bridgehead atoms. The Morgan fingerprint density at radius 3 is 2.43 bits per heavy atom. The first-order valence-electron chi connectivity index (χ1n) is 9.63. The Morgan fingerprint density at radius 2 is 1.80 bits per heavy atom. The summed E-state index contributed by atoms with van der Waals surface area (Å²) >= 11 is 0. The van der Waals surface area contributed by atoms with Crippen LogP contribution in [0.15, 0.2) is 33.9 Å². The van der Waals surface area contributed by atoms with Crippen LogP contribution in [-0.2, 0) is 11.3 Å². The van der Waals surface area contributed by atoms with Crippen LogP contribution in [0.1, 0.15) is 54.1 Å². The molecule has 0 aliphatic heterocycles. The lowest BCUT2D eigenvalue weighted by atomic mass is 9.95. The molecule has 10 heteroatoms. The lowest BCUT2D eigenvalue weighted by Crippen LogP contribution is -2.47. The Morgan fingerprint density at radius 1 is 1.13 bits per heavy atom. The van der Waals surface area contributed by atoms with Gasteiger partial charge in [0.1, 0.15) is 12.4 Å². The number of amides is 1. The third-order valence-electron chi connectivity index (χ3n) is 5.20. The molecule has 9 nitrogen and oxygen atoms in total. The Hall–Kier alpha value is -3.43. The highest BCUT2D eigenvalue weighted by Crippen LogP contribution is 2.27. The summed E-state index contributed by atoms with van der Waals surface area (Å²) in [5.41, 5.74) is -2.49. The van der Waals surface area contributed by atoms with Crippen molar-refractivity contribution in [2.24, 2.45) is 0 Å². The minimum atomic E-state index is -1.34. The van der Waals surface area contributed by atoms with Gasteiger partial charge in [-0.15, -0.1) is 0 Å². The number of benzene rings is 1. The normalized spacial score (nSPS) is 14.4. The number of carboxylic acids is 1. The van der Waals surface area contributed by atoms with E-state index in [9.17, 15) is 28.7 Å².